The average Bonchev–Trinajstić information content (AvgIpc) is 2.59. The van der Waals surface area contributed by atoms with E-state index in [9.17, 15) is 26.4 Å². The summed E-state index contributed by atoms with van der Waals surface area (Å²) < 4.78 is 71.3. The van der Waals surface area contributed by atoms with Gasteiger partial charge in [-0.1, -0.05) is 23.7 Å². The van der Waals surface area contributed by atoms with Crippen molar-refractivity contribution in [2.45, 2.75) is 17.2 Å². The van der Waals surface area contributed by atoms with Crippen LogP contribution in [0.4, 0.5) is 18.9 Å². The van der Waals surface area contributed by atoms with Crippen LogP contribution in [0.2, 0.25) is 5.02 Å². The quantitative estimate of drug-likeness (QED) is 0.826. The van der Waals surface area contributed by atoms with Gasteiger partial charge in [-0.3, -0.25) is 9.10 Å². The summed E-state index contributed by atoms with van der Waals surface area (Å²) in [4.78, 5) is 10.8. The van der Waals surface area contributed by atoms with Crippen molar-refractivity contribution in [3.63, 3.8) is 0 Å². The van der Waals surface area contributed by atoms with Crippen LogP contribution in [-0.4, -0.2) is 27.0 Å². The molecule has 6 nitrogen and oxygen atoms in total. The molecular weight excluding hydrogens is 409 g/mol. The third-order valence-corrected chi connectivity index (χ3v) is 6.14. The van der Waals surface area contributed by atoms with Gasteiger partial charge in [0.2, 0.25) is 0 Å². The number of para-hydroxylation sites is 2. The van der Waals surface area contributed by atoms with Crippen molar-refractivity contribution >= 4 is 33.2 Å². The maximum Gasteiger partial charge on any atom is 0.416 e. The highest BCUT2D eigenvalue weighted by Gasteiger charge is 2.39. The summed E-state index contributed by atoms with van der Waals surface area (Å²) in [6.07, 6.45) is -6.06. The zero-order valence-corrected chi connectivity index (χ0v) is 15.0. The van der Waals surface area contributed by atoms with Gasteiger partial charge in [0.1, 0.15) is 10.6 Å². The standard InChI is InChI=1S/C16H12ClF3N2O4S/c17-10-6-5-9(16(18,19)20)7-14(10)27(24,25)22-8-13(15(21)23)26-12-4-2-1-3-11(12)22/h1-7,13H,8H2,(H2,21,23). The lowest BCUT2D eigenvalue weighted by Gasteiger charge is -2.34. The Morgan fingerprint density at radius 2 is 1.89 bits per heavy atom. The summed E-state index contributed by atoms with van der Waals surface area (Å²) in [5.74, 6) is -0.862. The molecule has 1 unspecified atom stereocenters. The van der Waals surface area contributed by atoms with Gasteiger partial charge in [-0.05, 0) is 30.3 Å². The van der Waals surface area contributed by atoms with E-state index < -0.39 is 45.2 Å². The zero-order chi connectivity index (χ0) is 20.0. The van der Waals surface area contributed by atoms with E-state index in [1.807, 2.05) is 0 Å². The summed E-state index contributed by atoms with van der Waals surface area (Å²) in [5.41, 5.74) is 4.11. The number of anilines is 1. The molecule has 1 aliphatic heterocycles. The Labute approximate surface area is 157 Å². The molecule has 1 atom stereocenters. The lowest BCUT2D eigenvalue weighted by molar-refractivity contribution is -0.137. The molecule has 0 bridgehead atoms. The molecular formula is C16H12ClF3N2O4S. The average molecular weight is 421 g/mol. The van der Waals surface area contributed by atoms with Crippen LogP contribution < -0.4 is 14.8 Å². The molecule has 0 saturated heterocycles. The number of sulfonamides is 1. The van der Waals surface area contributed by atoms with Gasteiger partial charge >= 0.3 is 6.18 Å². The van der Waals surface area contributed by atoms with Crippen molar-refractivity contribution in [2.75, 3.05) is 10.8 Å². The molecule has 11 heteroatoms. The zero-order valence-electron chi connectivity index (χ0n) is 13.4. The van der Waals surface area contributed by atoms with Gasteiger partial charge in [-0.15, -0.1) is 0 Å². The molecule has 0 aliphatic carbocycles. The predicted molar refractivity (Wildman–Crippen MR) is 91.0 cm³/mol. The lowest BCUT2D eigenvalue weighted by Crippen LogP contribution is -2.49. The van der Waals surface area contributed by atoms with E-state index in [2.05, 4.69) is 0 Å². The van der Waals surface area contributed by atoms with Gasteiger partial charge in [0.05, 0.1) is 22.8 Å². The topological polar surface area (TPSA) is 89.7 Å². The van der Waals surface area contributed by atoms with E-state index in [1.165, 1.54) is 18.2 Å². The second-order valence-electron chi connectivity index (χ2n) is 5.66. The Morgan fingerprint density at radius 3 is 2.52 bits per heavy atom. The number of ether oxygens (including phenoxy) is 1. The fourth-order valence-corrected chi connectivity index (χ4v) is 4.55. The smallest absolute Gasteiger partial charge is 0.416 e. The molecule has 0 spiro atoms. The largest absolute Gasteiger partial charge is 0.476 e. The van der Waals surface area contributed by atoms with Crippen molar-refractivity contribution in [1.82, 2.24) is 0 Å². The van der Waals surface area contributed by atoms with Crippen molar-refractivity contribution in [2.24, 2.45) is 5.73 Å². The third kappa shape index (κ3) is 3.54. The van der Waals surface area contributed by atoms with E-state index in [1.54, 1.807) is 6.07 Å². The molecule has 2 aromatic carbocycles. The van der Waals surface area contributed by atoms with E-state index in [-0.39, 0.29) is 16.5 Å². The predicted octanol–water partition coefficient (Wildman–Crippen LogP) is 2.80. The maximum absolute atomic E-state index is 13.1. The summed E-state index contributed by atoms with van der Waals surface area (Å²) in [5, 5.41) is -0.386. The number of halogens is 4. The van der Waals surface area contributed by atoms with E-state index in [4.69, 9.17) is 22.1 Å². The normalized spacial score (nSPS) is 17.2. The van der Waals surface area contributed by atoms with Gasteiger partial charge < -0.3 is 10.5 Å². The molecule has 0 fully saturated rings. The molecule has 144 valence electrons. The molecule has 0 saturated carbocycles. The van der Waals surface area contributed by atoms with Gasteiger partial charge in [-0.25, -0.2) is 8.42 Å². The van der Waals surface area contributed by atoms with Crippen LogP contribution in [0, 0.1) is 0 Å². The fourth-order valence-electron chi connectivity index (χ4n) is 2.57. The number of hydrogen-bond acceptors (Lipinski definition) is 4. The summed E-state index contributed by atoms with van der Waals surface area (Å²) >= 11 is 5.88. The number of primary amides is 1. The summed E-state index contributed by atoms with van der Waals surface area (Å²) in [6.45, 7) is -0.499. The first-order valence-corrected chi connectivity index (χ1v) is 9.28. The number of alkyl halides is 3. The minimum atomic E-state index is -4.76. The molecule has 3 rings (SSSR count). The van der Waals surface area contributed by atoms with E-state index in [0.717, 1.165) is 10.4 Å². The third-order valence-electron chi connectivity index (χ3n) is 3.88. The first kappa shape index (κ1) is 19.3. The van der Waals surface area contributed by atoms with Crippen LogP contribution in [0.1, 0.15) is 5.56 Å². The van der Waals surface area contributed by atoms with E-state index >= 15 is 0 Å². The Bertz CT molecular complexity index is 1010. The maximum atomic E-state index is 13.1. The molecule has 27 heavy (non-hydrogen) atoms. The summed E-state index contributed by atoms with van der Waals surface area (Å²) in [6, 6.07) is 7.87. The van der Waals surface area contributed by atoms with Gasteiger partial charge in [-0.2, -0.15) is 13.2 Å². The second-order valence-corrected chi connectivity index (χ2v) is 7.89. The lowest BCUT2D eigenvalue weighted by atomic mass is 10.2. The highest BCUT2D eigenvalue weighted by molar-refractivity contribution is 7.93. The minimum absolute atomic E-state index is 0.0548. The van der Waals surface area contributed by atoms with Gasteiger partial charge in [0.15, 0.2) is 6.10 Å². The Balaban J connectivity index is 2.16. The van der Waals surface area contributed by atoms with Crippen LogP contribution in [0.3, 0.4) is 0 Å². The fraction of sp³-hybridized carbons (Fsp3) is 0.188. The van der Waals surface area contributed by atoms with Crippen LogP contribution in [0.25, 0.3) is 0 Å². The van der Waals surface area contributed by atoms with Crippen LogP contribution in [0.15, 0.2) is 47.4 Å². The van der Waals surface area contributed by atoms with Gasteiger partial charge in [0.25, 0.3) is 15.9 Å². The first-order valence-electron chi connectivity index (χ1n) is 7.46. The number of fused-ring (bicyclic) bond motifs is 1. The monoisotopic (exact) mass is 420 g/mol. The molecule has 1 aliphatic rings. The Hall–Kier alpha value is -2.46. The van der Waals surface area contributed by atoms with Crippen LogP contribution in [-0.2, 0) is 21.0 Å². The first-order chi connectivity index (χ1) is 12.5. The number of carbonyl (C=O) groups excluding carboxylic acids is 1. The molecule has 1 heterocycles. The Morgan fingerprint density at radius 1 is 1.22 bits per heavy atom. The van der Waals surface area contributed by atoms with Crippen molar-refractivity contribution in [3.05, 3.63) is 53.1 Å². The highest BCUT2D eigenvalue weighted by atomic mass is 35.5. The SMILES string of the molecule is NC(=O)C1CN(S(=O)(=O)c2cc(C(F)(F)F)ccc2Cl)c2ccccc2O1. The number of rotatable bonds is 3. The molecule has 2 aromatic rings. The number of benzene rings is 2. The van der Waals surface area contributed by atoms with Crippen LogP contribution >= 0.6 is 11.6 Å². The number of nitrogens with two attached hydrogens (primary N) is 1. The molecule has 1 amide bonds. The van der Waals surface area contributed by atoms with Crippen molar-refractivity contribution < 1.29 is 31.1 Å². The van der Waals surface area contributed by atoms with E-state index in [0.29, 0.717) is 12.1 Å². The number of amides is 1. The van der Waals surface area contributed by atoms with Crippen molar-refractivity contribution in [3.8, 4) is 5.75 Å². The second kappa shape index (κ2) is 6.61. The number of nitrogens with zero attached hydrogens (tertiary/aromatic N) is 1. The van der Waals surface area contributed by atoms with Gasteiger partial charge in [0, 0.05) is 0 Å². The van der Waals surface area contributed by atoms with Crippen LogP contribution in [0.5, 0.6) is 5.75 Å². The van der Waals surface area contributed by atoms with Crippen molar-refractivity contribution in [1.29, 1.82) is 0 Å². The minimum Gasteiger partial charge on any atom is -0.476 e. The number of carbonyl (C=O) groups is 1. The number of hydrogen-bond donors (Lipinski definition) is 1. The molecule has 2 N–H and O–H groups in total. The molecule has 0 radical (unpaired) electrons. The molecule has 0 aromatic heterocycles. The summed E-state index contributed by atoms with van der Waals surface area (Å²) in [7, 11) is -4.54. The highest BCUT2D eigenvalue weighted by Crippen LogP contribution is 2.39. The Kier molecular flexibility index (Phi) is 4.73.